The number of nitrogens with one attached hydrogen (secondary N) is 1. The average molecular weight is 400 g/mol. The van der Waals surface area contributed by atoms with Crippen LogP contribution in [0.5, 0.6) is 0 Å². The maximum Gasteiger partial charge on any atom is 0.203 e. The first-order valence-electron chi connectivity index (χ1n) is 10.5. The van der Waals surface area contributed by atoms with E-state index in [0.717, 1.165) is 36.5 Å². The molecule has 0 spiro atoms. The average Bonchev–Trinajstić information content (AvgIpc) is 3.47. The van der Waals surface area contributed by atoms with Crippen molar-refractivity contribution in [1.29, 1.82) is 0 Å². The van der Waals surface area contributed by atoms with Gasteiger partial charge < -0.3 is 5.32 Å². The number of carbonyl (C=O) groups is 1. The predicted octanol–water partition coefficient (Wildman–Crippen LogP) is 3.40. The van der Waals surface area contributed by atoms with Crippen LogP contribution in [0.1, 0.15) is 35.7 Å². The summed E-state index contributed by atoms with van der Waals surface area (Å²) in [7, 11) is 0. The summed E-state index contributed by atoms with van der Waals surface area (Å²) in [6, 6.07) is 15.4. The van der Waals surface area contributed by atoms with Gasteiger partial charge in [-0.1, -0.05) is 37.3 Å². The van der Waals surface area contributed by atoms with Crippen molar-refractivity contribution in [1.82, 2.24) is 24.5 Å². The number of hydrogen-bond acceptors (Lipinski definition) is 6. The van der Waals surface area contributed by atoms with Gasteiger partial charge in [-0.05, 0) is 44.1 Å². The number of nitrogens with zero attached hydrogens (tertiary/aromatic N) is 5. The van der Waals surface area contributed by atoms with Gasteiger partial charge in [0.05, 0.1) is 11.0 Å². The highest BCUT2D eigenvalue weighted by Crippen LogP contribution is 2.23. The fourth-order valence-electron chi connectivity index (χ4n) is 4.33. The number of carbonyl (C=O) groups excluding carboxylic acids is 1. The van der Waals surface area contributed by atoms with Crippen LogP contribution in [0.25, 0.3) is 16.7 Å². The fraction of sp³-hybridized carbons (Fsp3) is 0.304. The monoisotopic (exact) mass is 400 g/mol. The molecule has 1 fully saturated rings. The molecular weight excluding hydrogens is 376 g/mol. The number of hydrogen-bond donors (Lipinski definition) is 1. The Kier molecular flexibility index (Phi) is 4.88. The number of likely N-dealkylation sites (N-methyl/N-ethyl adjacent to an activating group) is 1. The van der Waals surface area contributed by atoms with Crippen LogP contribution in [0, 0.1) is 0 Å². The highest BCUT2D eigenvalue weighted by Gasteiger charge is 2.23. The third-order valence-electron chi connectivity index (χ3n) is 5.94. The third-order valence-corrected chi connectivity index (χ3v) is 5.94. The third kappa shape index (κ3) is 3.31. The Hall–Kier alpha value is -3.32. The second-order valence-electron chi connectivity index (χ2n) is 7.69. The summed E-state index contributed by atoms with van der Waals surface area (Å²) in [5.41, 5.74) is 3.58. The minimum absolute atomic E-state index is 0.0122. The van der Waals surface area contributed by atoms with Crippen LogP contribution in [-0.4, -0.2) is 55.9 Å². The maximum atomic E-state index is 12.9. The van der Waals surface area contributed by atoms with Crippen molar-refractivity contribution in [3.8, 4) is 0 Å². The minimum Gasteiger partial charge on any atom is -0.365 e. The van der Waals surface area contributed by atoms with Crippen molar-refractivity contribution in [2.45, 2.75) is 25.8 Å². The lowest BCUT2D eigenvalue weighted by Crippen LogP contribution is -2.34. The summed E-state index contributed by atoms with van der Waals surface area (Å²) < 4.78 is 1.90. The highest BCUT2D eigenvalue weighted by molar-refractivity contribution is 6.10. The largest absolute Gasteiger partial charge is 0.365 e. The molecule has 0 amide bonds. The van der Waals surface area contributed by atoms with Crippen LogP contribution in [0.15, 0.2) is 54.9 Å². The van der Waals surface area contributed by atoms with E-state index in [1.807, 2.05) is 52.9 Å². The highest BCUT2D eigenvalue weighted by atomic mass is 16.1. The smallest absolute Gasteiger partial charge is 0.203 e. The van der Waals surface area contributed by atoms with Crippen LogP contribution in [-0.2, 0) is 0 Å². The van der Waals surface area contributed by atoms with Gasteiger partial charge in [0.2, 0.25) is 5.65 Å². The van der Waals surface area contributed by atoms with Crippen LogP contribution in [0.2, 0.25) is 0 Å². The topological polar surface area (TPSA) is 75.4 Å². The molecule has 1 aliphatic rings. The molecule has 1 saturated heterocycles. The number of ketones is 1. The summed E-state index contributed by atoms with van der Waals surface area (Å²) in [6.07, 6.45) is 4.11. The first-order chi connectivity index (χ1) is 14.7. The lowest BCUT2D eigenvalue weighted by atomic mass is 10.0. The second kappa shape index (κ2) is 7.84. The molecule has 0 bridgehead atoms. The molecule has 2 aromatic carbocycles. The zero-order valence-electron chi connectivity index (χ0n) is 17.0. The van der Waals surface area contributed by atoms with E-state index in [2.05, 4.69) is 27.3 Å². The molecule has 1 N–H and O–H groups in total. The number of benzene rings is 2. The number of fused-ring (bicyclic) bond motifs is 3. The van der Waals surface area contributed by atoms with Gasteiger partial charge in [0.25, 0.3) is 0 Å². The lowest BCUT2D eigenvalue weighted by molar-refractivity contribution is 0.103. The molecule has 0 aliphatic carbocycles. The Labute approximate surface area is 174 Å². The van der Waals surface area contributed by atoms with Gasteiger partial charge in [0.15, 0.2) is 11.6 Å². The van der Waals surface area contributed by atoms with E-state index in [1.54, 1.807) is 6.33 Å². The molecule has 0 saturated carbocycles. The standard InChI is InChI=1S/C23H24N6O/c1-2-28-12-6-9-18(28)14-24-22-23-27-25-15-29(23)20-13-17(10-11-19(20)26-22)21(30)16-7-4-3-5-8-16/h3-5,7-8,10-11,13,15,18H,2,6,9,12,14H2,1H3,(H,24,26)/t18-/m1/s1. The van der Waals surface area contributed by atoms with E-state index in [9.17, 15) is 4.79 Å². The van der Waals surface area contributed by atoms with Crippen LogP contribution < -0.4 is 5.32 Å². The summed E-state index contributed by atoms with van der Waals surface area (Å²) in [4.78, 5) is 20.2. The van der Waals surface area contributed by atoms with E-state index in [0.29, 0.717) is 22.8 Å². The summed E-state index contributed by atoms with van der Waals surface area (Å²) >= 11 is 0. The molecule has 7 nitrogen and oxygen atoms in total. The number of rotatable bonds is 6. The Bertz CT molecular complexity index is 1200. The Morgan fingerprint density at radius 2 is 2.03 bits per heavy atom. The molecule has 4 aromatic rings. The van der Waals surface area contributed by atoms with Crippen LogP contribution in [0.3, 0.4) is 0 Å². The van der Waals surface area contributed by atoms with Crippen molar-refractivity contribution in [3.63, 3.8) is 0 Å². The van der Waals surface area contributed by atoms with Crippen molar-refractivity contribution in [3.05, 3.63) is 66.0 Å². The normalized spacial score (nSPS) is 17.0. The molecule has 0 unspecified atom stereocenters. The maximum absolute atomic E-state index is 12.9. The Balaban J connectivity index is 1.49. The van der Waals surface area contributed by atoms with Gasteiger partial charge in [-0.3, -0.25) is 14.1 Å². The SMILES string of the molecule is CCN1CCC[C@@H]1CNc1nc2ccc(C(=O)c3ccccc3)cc2n2cnnc12. The summed E-state index contributed by atoms with van der Waals surface area (Å²) in [5, 5.41) is 11.9. The Morgan fingerprint density at radius 1 is 1.17 bits per heavy atom. The van der Waals surface area contributed by atoms with Gasteiger partial charge >= 0.3 is 0 Å². The van der Waals surface area contributed by atoms with Crippen LogP contribution in [0.4, 0.5) is 5.82 Å². The zero-order chi connectivity index (χ0) is 20.5. The van der Waals surface area contributed by atoms with Gasteiger partial charge in [0.1, 0.15) is 6.33 Å². The quantitative estimate of drug-likeness (QED) is 0.500. The molecule has 152 valence electrons. The fourth-order valence-corrected chi connectivity index (χ4v) is 4.33. The molecule has 3 heterocycles. The van der Waals surface area contributed by atoms with Crippen molar-refractivity contribution < 1.29 is 4.79 Å². The Morgan fingerprint density at radius 3 is 2.87 bits per heavy atom. The molecule has 2 aromatic heterocycles. The lowest BCUT2D eigenvalue weighted by Gasteiger charge is -2.23. The summed E-state index contributed by atoms with van der Waals surface area (Å²) in [5.74, 6) is 0.715. The number of aromatic nitrogens is 4. The van der Waals surface area contributed by atoms with E-state index in [-0.39, 0.29) is 5.78 Å². The molecular formula is C23H24N6O. The van der Waals surface area contributed by atoms with Gasteiger partial charge in [-0.2, -0.15) is 0 Å². The summed E-state index contributed by atoms with van der Waals surface area (Å²) in [6.45, 7) is 5.26. The van der Waals surface area contributed by atoms with E-state index in [4.69, 9.17) is 4.98 Å². The van der Waals surface area contributed by atoms with Gasteiger partial charge in [0, 0.05) is 23.7 Å². The zero-order valence-corrected chi connectivity index (χ0v) is 17.0. The first kappa shape index (κ1) is 18.7. The van der Waals surface area contributed by atoms with Crippen molar-refractivity contribution in [2.75, 3.05) is 25.0 Å². The van der Waals surface area contributed by atoms with Crippen LogP contribution >= 0.6 is 0 Å². The molecule has 7 heteroatoms. The first-order valence-corrected chi connectivity index (χ1v) is 10.5. The van der Waals surface area contributed by atoms with E-state index >= 15 is 0 Å². The minimum atomic E-state index is -0.0122. The molecule has 0 radical (unpaired) electrons. The molecule has 1 atom stereocenters. The predicted molar refractivity (Wildman–Crippen MR) is 117 cm³/mol. The van der Waals surface area contributed by atoms with Gasteiger partial charge in [-0.25, -0.2) is 4.98 Å². The van der Waals surface area contributed by atoms with Crippen molar-refractivity contribution in [2.24, 2.45) is 0 Å². The second-order valence-corrected chi connectivity index (χ2v) is 7.69. The molecule has 5 rings (SSSR count). The number of anilines is 1. The van der Waals surface area contributed by atoms with Crippen molar-refractivity contribution >= 4 is 28.3 Å². The number of likely N-dealkylation sites (tertiary alicyclic amines) is 1. The van der Waals surface area contributed by atoms with E-state index < -0.39 is 0 Å². The van der Waals surface area contributed by atoms with Gasteiger partial charge in [-0.15, -0.1) is 10.2 Å². The molecule has 30 heavy (non-hydrogen) atoms. The molecule has 1 aliphatic heterocycles. The van der Waals surface area contributed by atoms with E-state index in [1.165, 1.54) is 12.8 Å².